The fraction of sp³-hybridized carbons (Fsp3) is 0.562. The topological polar surface area (TPSA) is 32.3 Å². The van der Waals surface area contributed by atoms with Crippen LogP contribution in [0.1, 0.15) is 50.8 Å². The van der Waals surface area contributed by atoms with E-state index < -0.39 is 0 Å². The largest absolute Gasteiger partial charge is 0.331 e. The molecule has 0 heterocycles. The Morgan fingerprint density at radius 3 is 2.32 bits per heavy atom. The van der Waals surface area contributed by atoms with Crippen LogP contribution in [0.5, 0.6) is 0 Å². The first-order valence-corrected chi connectivity index (χ1v) is 7.21. The van der Waals surface area contributed by atoms with Crippen LogP contribution >= 0.6 is 0 Å². The zero-order valence-electron chi connectivity index (χ0n) is 12.6. The molecule has 0 aromatic heterocycles. The predicted molar refractivity (Wildman–Crippen MR) is 80.3 cm³/mol. The van der Waals surface area contributed by atoms with Crippen molar-refractivity contribution in [3.8, 4) is 0 Å². The van der Waals surface area contributed by atoms with Crippen LogP contribution in [0.15, 0.2) is 24.3 Å². The Kier molecular flexibility index (Phi) is 6.40. The SMILES string of the molecule is CCCN(CCC)C(=O)NC(C)c1ccccc1C. The molecule has 1 unspecified atom stereocenters. The Bertz CT molecular complexity index is 397. The zero-order chi connectivity index (χ0) is 14.3. The van der Waals surface area contributed by atoms with Gasteiger partial charge in [-0.2, -0.15) is 0 Å². The minimum absolute atomic E-state index is 0.0412. The summed E-state index contributed by atoms with van der Waals surface area (Å²) in [7, 11) is 0. The van der Waals surface area contributed by atoms with Crippen molar-refractivity contribution in [1.82, 2.24) is 10.2 Å². The molecule has 3 nitrogen and oxygen atoms in total. The lowest BCUT2D eigenvalue weighted by atomic mass is 10.0. The van der Waals surface area contributed by atoms with Gasteiger partial charge in [-0.15, -0.1) is 0 Å². The highest BCUT2D eigenvalue weighted by atomic mass is 16.2. The first kappa shape index (κ1) is 15.5. The number of amides is 2. The van der Waals surface area contributed by atoms with E-state index in [-0.39, 0.29) is 12.1 Å². The molecule has 0 spiro atoms. The summed E-state index contributed by atoms with van der Waals surface area (Å²) in [4.78, 5) is 14.1. The molecule has 1 aromatic carbocycles. The standard InChI is InChI=1S/C16H26N2O/c1-5-11-18(12-6-2)16(19)17-14(4)15-10-8-7-9-13(15)3/h7-10,14H,5-6,11-12H2,1-4H3,(H,17,19). The summed E-state index contributed by atoms with van der Waals surface area (Å²) in [5.41, 5.74) is 2.40. The van der Waals surface area contributed by atoms with Crippen LogP contribution in [0, 0.1) is 6.92 Å². The molecule has 0 fully saturated rings. The average Bonchev–Trinajstić information content (AvgIpc) is 2.38. The van der Waals surface area contributed by atoms with Gasteiger partial charge in [-0.3, -0.25) is 0 Å². The Morgan fingerprint density at radius 1 is 1.21 bits per heavy atom. The maximum Gasteiger partial charge on any atom is 0.317 e. The van der Waals surface area contributed by atoms with Gasteiger partial charge in [-0.05, 0) is 37.8 Å². The third-order valence-electron chi connectivity index (χ3n) is 3.27. The minimum Gasteiger partial charge on any atom is -0.331 e. The lowest BCUT2D eigenvalue weighted by Crippen LogP contribution is -2.42. The fourth-order valence-corrected chi connectivity index (χ4v) is 2.28. The van der Waals surface area contributed by atoms with Crippen LogP contribution < -0.4 is 5.32 Å². The van der Waals surface area contributed by atoms with Crippen LogP contribution in [0.25, 0.3) is 0 Å². The zero-order valence-corrected chi connectivity index (χ0v) is 12.6. The molecule has 0 saturated heterocycles. The molecule has 0 aliphatic rings. The van der Waals surface area contributed by atoms with Gasteiger partial charge in [-0.1, -0.05) is 38.1 Å². The van der Waals surface area contributed by atoms with Crippen LogP contribution in [0.2, 0.25) is 0 Å². The molecule has 0 radical (unpaired) electrons. The number of carbonyl (C=O) groups is 1. The molecule has 1 aromatic rings. The molecule has 0 aliphatic heterocycles. The summed E-state index contributed by atoms with van der Waals surface area (Å²) >= 11 is 0. The summed E-state index contributed by atoms with van der Waals surface area (Å²) in [6, 6.07) is 8.27. The van der Waals surface area contributed by atoms with E-state index in [0.29, 0.717) is 0 Å². The van der Waals surface area contributed by atoms with Crippen molar-refractivity contribution in [2.24, 2.45) is 0 Å². The van der Waals surface area contributed by atoms with E-state index >= 15 is 0 Å². The highest BCUT2D eigenvalue weighted by Crippen LogP contribution is 2.16. The lowest BCUT2D eigenvalue weighted by molar-refractivity contribution is 0.194. The number of aryl methyl sites for hydroxylation is 1. The Balaban J connectivity index is 2.67. The van der Waals surface area contributed by atoms with Crippen molar-refractivity contribution in [2.45, 2.75) is 46.6 Å². The maximum absolute atomic E-state index is 12.2. The second-order valence-corrected chi connectivity index (χ2v) is 5.01. The van der Waals surface area contributed by atoms with E-state index in [4.69, 9.17) is 0 Å². The molecule has 0 aliphatic carbocycles. The lowest BCUT2D eigenvalue weighted by Gasteiger charge is -2.25. The van der Waals surface area contributed by atoms with Crippen LogP contribution in [-0.4, -0.2) is 24.0 Å². The third kappa shape index (κ3) is 4.58. The van der Waals surface area contributed by atoms with E-state index in [0.717, 1.165) is 25.9 Å². The van der Waals surface area contributed by atoms with Crippen molar-refractivity contribution in [1.29, 1.82) is 0 Å². The quantitative estimate of drug-likeness (QED) is 0.829. The highest BCUT2D eigenvalue weighted by molar-refractivity contribution is 5.74. The monoisotopic (exact) mass is 262 g/mol. The van der Waals surface area contributed by atoms with Gasteiger partial charge in [0.15, 0.2) is 0 Å². The van der Waals surface area contributed by atoms with Gasteiger partial charge in [0.25, 0.3) is 0 Å². The molecule has 3 heteroatoms. The normalized spacial score (nSPS) is 12.0. The summed E-state index contributed by atoms with van der Waals surface area (Å²) in [6.45, 7) is 9.95. The second-order valence-electron chi connectivity index (χ2n) is 5.01. The van der Waals surface area contributed by atoms with Gasteiger partial charge in [0.2, 0.25) is 0 Å². The van der Waals surface area contributed by atoms with Gasteiger partial charge in [-0.25, -0.2) is 4.79 Å². The number of benzene rings is 1. The van der Waals surface area contributed by atoms with Crippen molar-refractivity contribution >= 4 is 6.03 Å². The van der Waals surface area contributed by atoms with Crippen molar-refractivity contribution in [3.63, 3.8) is 0 Å². The second kappa shape index (κ2) is 7.82. The smallest absolute Gasteiger partial charge is 0.317 e. The summed E-state index contributed by atoms with van der Waals surface area (Å²) in [5.74, 6) is 0. The number of hydrogen-bond acceptors (Lipinski definition) is 1. The van der Waals surface area contributed by atoms with Crippen LogP contribution in [0.4, 0.5) is 4.79 Å². The molecule has 1 atom stereocenters. The first-order chi connectivity index (χ1) is 9.10. The molecule has 0 bridgehead atoms. The van der Waals surface area contributed by atoms with Crippen molar-refractivity contribution in [3.05, 3.63) is 35.4 Å². The number of hydrogen-bond donors (Lipinski definition) is 1. The molecule has 1 rings (SSSR count). The fourth-order valence-electron chi connectivity index (χ4n) is 2.28. The number of urea groups is 1. The number of rotatable bonds is 6. The Hall–Kier alpha value is -1.51. The Morgan fingerprint density at radius 2 is 1.79 bits per heavy atom. The van der Waals surface area contributed by atoms with Gasteiger partial charge in [0, 0.05) is 13.1 Å². The van der Waals surface area contributed by atoms with E-state index in [9.17, 15) is 4.79 Å². The number of nitrogens with one attached hydrogen (secondary N) is 1. The maximum atomic E-state index is 12.2. The van der Waals surface area contributed by atoms with E-state index in [1.807, 2.05) is 24.0 Å². The van der Waals surface area contributed by atoms with E-state index in [1.54, 1.807) is 0 Å². The molecular weight excluding hydrogens is 236 g/mol. The molecule has 2 amide bonds. The van der Waals surface area contributed by atoms with Gasteiger partial charge >= 0.3 is 6.03 Å². The molecule has 106 valence electrons. The molecule has 0 saturated carbocycles. The number of nitrogens with zero attached hydrogens (tertiary/aromatic N) is 1. The predicted octanol–water partition coefficient (Wildman–Crippen LogP) is 3.89. The summed E-state index contributed by atoms with van der Waals surface area (Å²) in [5, 5.41) is 3.09. The van der Waals surface area contributed by atoms with Crippen LogP contribution in [0.3, 0.4) is 0 Å². The van der Waals surface area contributed by atoms with Gasteiger partial charge in [0.1, 0.15) is 0 Å². The van der Waals surface area contributed by atoms with Crippen LogP contribution in [-0.2, 0) is 0 Å². The number of carbonyl (C=O) groups excluding carboxylic acids is 1. The first-order valence-electron chi connectivity index (χ1n) is 7.21. The molecule has 1 N–H and O–H groups in total. The molecular formula is C16H26N2O. The molecule has 19 heavy (non-hydrogen) atoms. The van der Waals surface area contributed by atoms with E-state index in [2.05, 4.69) is 38.2 Å². The van der Waals surface area contributed by atoms with Gasteiger partial charge < -0.3 is 10.2 Å². The minimum atomic E-state index is 0.0412. The van der Waals surface area contributed by atoms with E-state index in [1.165, 1.54) is 11.1 Å². The average molecular weight is 262 g/mol. The Labute approximate surface area is 117 Å². The summed E-state index contributed by atoms with van der Waals surface area (Å²) < 4.78 is 0. The third-order valence-corrected chi connectivity index (χ3v) is 3.27. The van der Waals surface area contributed by atoms with Crippen molar-refractivity contribution in [2.75, 3.05) is 13.1 Å². The van der Waals surface area contributed by atoms with Gasteiger partial charge in [0.05, 0.1) is 6.04 Å². The summed E-state index contributed by atoms with van der Waals surface area (Å²) in [6.07, 6.45) is 1.98. The van der Waals surface area contributed by atoms with Crippen molar-refractivity contribution < 1.29 is 4.79 Å². The highest BCUT2D eigenvalue weighted by Gasteiger charge is 2.15.